The first-order valence-electron chi connectivity index (χ1n) is 27.7. The van der Waals surface area contributed by atoms with Crippen molar-refractivity contribution in [3.8, 4) is 0 Å². The van der Waals surface area contributed by atoms with Crippen molar-refractivity contribution in [1.29, 1.82) is 0 Å². The van der Waals surface area contributed by atoms with Crippen LogP contribution in [0.15, 0.2) is 97.2 Å². The largest absolute Gasteiger partial charge is 0.462 e. The molecule has 6 nitrogen and oxygen atoms in total. The Morgan fingerprint density at radius 2 is 0.582 bits per heavy atom. The molecular formula is C61H102O6. The normalized spacial score (nSPS) is 12.8. The quantitative estimate of drug-likeness (QED) is 0.0262. The van der Waals surface area contributed by atoms with Crippen LogP contribution in [0.25, 0.3) is 0 Å². The zero-order valence-electron chi connectivity index (χ0n) is 43.6. The summed E-state index contributed by atoms with van der Waals surface area (Å²) >= 11 is 0. The Hall–Kier alpha value is -3.67. The fraction of sp³-hybridized carbons (Fsp3) is 0.689. The molecule has 1 unspecified atom stereocenters. The summed E-state index contributed by atoms with van der Waals surface area (Å²) in [4.78, 5) is 38.0. The maximum absolute atomic E-state index is 12.8. The van der Waals surface area contributed by atoms with Gasteiger partial charge in [0.15, 0.2) is 6.10 Å². The van der Waals surface area contributed by atoms with Gasteiger partial charge in [-0.15, -0.1) is 0 Å². The third kappa shape index (κ3) is 53.2. The molecule has 0 bridgehead atoms. The molecule has 67 heavy (non-hydrogen) atoms. The molecule has 0 aliphatic carbocycles. The summed E-state index contributed by atoms with van der Waals surface area (Å²) in [6.45, 7) is 6.45. The Labute approximate surface area is 413 Å². The third-order valence-electron chi connectivity index (χ3n) is 11.6. The molecule has 0 aromatic rings. The van der Waals surface area contributed by atoms with Crippen molar-refractivity contribution in [3.05, 3.63) is 97.2 Å². The predicted molar refractivity (Wildman–Crippen MR) is 288 cm³/mol. The Balaban J connectivity index is 4.39. The SMILES string of the molecule is CC/C=C\C/C=C\C/C=C\C/C=C\C/C=C\CCCCCC(=O)OC(COC(=O)CCCCCCCC/C=C\C/C=C\C/C=C\CCCCCCC)COC(=O)CCCCCCCCCCC. The maximum atomic E-state index is 12.8. The van der Waals surface area contributed by atoms with E-state index in [1.54, 1.807) is 0 Å². The molecule has 382 valence electrons. The van der Waals surface area contributed by atoms with E-state index in [2.05, 4.69) is 118 Å². The van der Waals surface area contributed by atoms with Crippen molar-refractivity contribution in [2.24, 2.45) is 0 Å². The lowest BCUT2D eigenvalue weighted by Crippen LogP contribution is -2.30. The second-order valence-corrected chi connectivity index (χ2v) is 18.1. The number of esters is 3. The van der Waals surface area contributed by atoms with Gasteiger partial charge in [0.1, 0.15) is 13.2 Å². The molecule has 0 heterocycles. The van der Waals surface area contributed by atoms with E-state index in [4.69, 9.17) is 14.2 Å². The van der Waals surface area contributed by atoms with E-state index in [1.807, 2.05) is 0 Å². The number of rotatable bonds is 49. The van der Waals surface area contributed by atoms with Crippen LogP contribution in [0.3, 0.4) is 0 Å². The second kappa shape index (κ2) is 54.9. The van der Waals surface area contributed by atoms with Crippen LogP contribution in [0.2, 0.25) is 0 Å². The Bertz CT molecular complexity index is 1350. The molecule has 0 amide bonds. The van der Waals surface area contributed by atoms with Crippen molar-refractivity contribution in [3.63, 3.8) is 0 Å². The molecule has 0 fully saturated rings. The van der Waals surface area contributed by atoms with Gasteiger partial charge in [0, 0.05) is 19.3 Å². The van der Waals surface area contributed by atoms with Gasteiger partial charge in [0.2, 0.25) is 0 Å². The van der Waals surface area contributed by atoms with Gasteiger partial charge in [-0.2, -0.15) is 0 Å². The number of carbonyl (C=O) groups is 3. The lowest BCUT2D eigenvalue weighted by Gasteiger charge is -2.18. The summed E-state index contributed by atoms with van der Waals surface area (Å²) in [5, 5.41) is 0. The molecule has 0 N–H and O–H groups in total. The second-order valence-electron chi connectivity index (χ2n) is 18.1. The molecule has 0 aromatic carbocycles. The average Bonchev–Trinajstić information content (AvgIpc) is 3.33. The molecule has 6 heteroatoms. The van der Waals surface area contributed by atoms with Crippen LogP contribution in [-0.4, -0.2) is 37.2 Å². The fourth-order valence-electron chi connectivity index (χ4n) is 7.42. The van der Waals surface area contributed by atoms with Gasteiger partial charge in [0.25, 0.3) is 0 Å². The van der Waals surface area contributed by atoms with Crippen molar-refractivity contribution in [2.75, 3.05) is 13.2 Å². The standard InChI is InChI=1S/C61H102O6/c1-4-7-10-13-16-19-21-23-25-27-29-30-32-33-35-37-39-42-45-48-51-54-60(63)66-57-58(56-65-59(62)53-50-47-44-41-18-15-12-9-6-3)67-61(64)55-52-49-46-43-40-38-36-34-31-28-26-24-22-20-17-14-11-8-5-2/h8,11,17,20-21,23-24,26-27,29,31-34,38,40,58H,4-7,9-10,12-16,18-19,22,25,28,30,35-37,39,41-57H2,1-3H3/b11-8-,20-17-,23-21-,26-24-,29-27-,33-32-,34-31-,40-38-. The maximum Gasteiger partial charge on any atom is 0.306 e. The molecule has 0 aliphatic rings. The number of carbonyl (C=O) groups excluding carboxylic acids is 3. The number of hydrogen-bond acceptors (Lipinski definition) is 6. The van der Waals surface area contributed by atoms with E-state index in [0.717, 1.165) is 116 Å². The van der Waals surface area contributed by atoms with Crippen molar-refractivity contribution >= 4 is 17.9 Å². The zero-order valence-corrected chi connectivity index (χ0v) is 43.6. The molecule has 0 aromatic heterocycles. The fourth-order valence-corrected chi connectivity index (χ4v) is 7.42. The van der Waals surface area contributed by atoms with Gasteiger partial charge < -0.3 is 14.2 Å². The highest BCUT2D eigenvalue weighted by atomic mass is 16.6. The summed E-state index contributed by atoms with van der Waals surface area (Å²) < 4.78 is 16.8. The van der Waals surface area contributed by atoms with Crippen LogP contribution in [-0.2, 0) is 28.6 Å². The minimum Gasteiger partial charge on any atom is -0.462 e. The van der Waals surface area contributed by atoms with Gasteiger partial charge in [-0.25, -0.2) is 0 Å². The van der Waals surface area contributed by atoms with Crippen molar-refractivity contribution < 1.29 is 28.6 Å². The van der Waals surface area contributed by atoms with Crippen LogP contribution in [0.1, 0.15) is 252 Å². The van der Waals surface area contributed by atoms with Crippen LogP contribution < -0.4 is 0 Å². The van der Waals surface area contributed by atoms with E-state index in [0.29, 0.717) is 12.8 Å². The summed E-state index contributed by atoms with van der Waals surface area (Å²) in [5.41, 5.74) is 0. The number of hydrogen-bond donors (Lipinski definition) is 0. The predicted octanol–water partition coefficient (Wildman–Crippen LogP) is 18.5. The highest BCUT2D eigenvalue weighted by molar-refractivity contribution is 5.71. The Morgan fingerprint density at radius 1 is 0.313 bits per heavy atom. The van der Waals surface area contributed by atoms with E-state index < -0.39 is 6.10 Å². The highest BCUT2D eigenvalue weighted by Crippen LogP contribution is 2.14. The van der Waals surface area contributed by atoms with Gasteiger partial charge in [0.05, 0.1) is 0 Å². The van der Waals surface area contributed by atoms with Gasteiger partial charge in [-0.3, -0.25) is 14.4 Å². The minimum atomic E-state index is -0.799. The molecule has 0 spiro atoms. The van der Waals surface area contributed by atoms with Crippen molar-refractivity contribution in [1.82, 2.24) is 0 Å². The third-order valence-corrected chi connectivity index (χ3v) is 11.6. The average molecular weight is 931 g/mol. The first-order chi connectivity index (χ1) is 33.0. The number of unbranched alkanes of at least 4 members (excludes halogenated alkanes) is 22. The molecule has 0 rings (SSSR count). The molecule has 0 saturated heterocycles. The lowest BCUT2D eigenvalue weighted by molar-refractivity contribution is -0.167. The topological polar surface area (TPSA) is 78.9 Å². The number of allylic oxidation sites excluding steroid dienone is 16. The minimum absolute atomic E-state index is 0.0950. The van der Waals surface area contributed by atoms with E-state index >= 15 is 0 Å². The highest BCUT2D eigenvalue weighted by Gasteiger charge is 2.19. The van der Waals surface area contributed by atoms with Crippen LogP contribution in [0.5, 0.6) is 0 Å². The van der Waals surface area contributed by atoms with E-state index in [-0.39, 0.29) is 37.5 Å². The van der Waals surface area contributed by atoms with E-state index in [9.17, 15) is 14.4 Å². The molecular weight excluding hydrogens is 829 g/mol. The summed E-state index contributed by atoms with van der Waals surface area (Å²) in [5.74, 6) is -0.943. The zero-order chi connectivity index (χ0) is 48.6. The smallest absolute Gasteiger partial charge is 0.306 e. The van der Waals surface area contributed by atoms with Crippen LogP contribution in [0, 0.1) is 0 Å². The summed E-state index contributed by atoms with van der Waals surface area (Å²) in [6, 6.07) is 0. The molecule has 0 radical (unpaired) electrons. The first-order valence-corrected chi connectivity index (χ1v) is 27.7. The number of ether oxygens (including phenoxy) is 3. The van der Waals surface area contributed by atoms with Crippen molar-refractivity contribution in [2.45, 2.75) is 258 Å². The first kappa shape index (κ1) is 63.3. The Kier molecular flexibility index (Phi) is 51.9. The molecule has 0 aliphatic heterocycles. The van der Waals surface area contributed by atoms with E-state index in [1.165, 1.54) is 96.3 Å². The lowest BCUT2D eigenvalue weighted by atomic mass is 10.1. The molecule has 1 atom stereocenters. The van der Waals surface area contributed by atoms with Gasteiger partial charge in [-0.1, -0.05) is 227 Å². The summed E-state index contributed by atoms with van der Waals surface area (Å²) in [7, 11) is 0. The van der Waals surface area contributed by atoms with Crippen LogP contribution >= 0.6 is 0 Å². The van der Waals surface area contributed by atoms with Gasteiger partial charge >= 0.3 is 17.9 Å². The molecule has 0 saturated carbocycles. The van der Waals surface area contributed by atoms with Crippen LogP contribution in [0.4, 0.5) is 0 Å². The Morgan fingerprint density at radius 3 is 0.925 bits per heavy atom. The summed E-state index contributed by atoms with van der Waals surface area (Å²) in [6.07, 6.45) is 72.6. The van der Waals surface area contributed by atoms with Gasteiger partial charge in [-0.05, 0) is 103 Å². The monoisotopic (exact) mass is 931 g/mol.